The van der Waals surface area contributed by atoms with Gasteiger partial charge in [-0.25, -0.2) is 4.98 Å². The first-order chi connectivity index (χ1) is 13.2. The molecule has 5 rings (SSSR count). The molecule has 3 aromatic rings. The van der Waals surface area contributed by atoms with Gasteiger partial charge >= 0.3 is 0 Å². The molecule has 1 unspecified atom stereocenters. The lowest BCUT2D eigenvalue weighted by molar-refractivity contribution is 0.0674. The lowest BCUT2D eigenvalue weighted by Gasteiger charge is -2.31. The molecular formula is C22H20ClN3O. The van der Waals surface area contributed by atoms with Gasteiger partial charge < -0.3 is 10.2 Å². The molecule has 2 aliphatic heterocycles. The van der Waals surface area contributed by atoms with Crippen LogP contribution < -0.4 is 5.32 Å². The summed E-state index contributed by atoms with van der Waals surface area (Å²) in [7, 11) is 0. The highest BCUT2D eigenvalue weighted by atomic mass is 35.5. The number of carbonyl (C=O) groups excluding carboxylic acids is 1. The van der Waals surface area contributed by atoms with E-state index in [1.807, 2.05) is 47.4 Å². The first kappa shape index (κ1) is 16.7. The number of nitrogens with zero attached hydrogens (tertiary/aromatic N) is 2. The Kier molecular flexibility index (Phi) is 4.10. The van der Waals surface area contributed by atoms with Gasteiger partial charge in [0, 0.05) is 35.6 Å². The number of para-hydroxylation sites is 1. The topological polar surface area (TPSA) is 45.2 Å². The molecule has 1 N–H and O–H groups in total. The fraction of sp³-hybridized carbons (Fsp3) is 0.273. The third-order valence-corrected chi connectivity index (χ3v) is 5.92. The van der Waals surface area contributed by atoms with Crippen LogP contribution in [0.2, 0.25) is 5.02 Å². The van der Waals surface area contributed by atoms with Crippen molar-refractivity contribution >= 4 is 28.4 Å². The fourth-order valence-corrected chi connectivity index (χ4v) is 4.39. The number of carbonyl (C=O) groups is 1. The van der Waals surface area contributed by atoms with Crippen LogP contribution in [0.1, 0.15) is 28.8 Å². The highest BCUT2D eigenvalue weighted by Gasteiger charge is 2.33. The summed E-state index contributed by atoms with van der Waals surface area (Å²) < 4.78 is 0. The van der Waals surface area contributed by atoms with Gasteiger partial charge in [-0.3, -0.25) is 4.79 Å². The summed E-state index contributed by atoms with van der Waals surface area (Å²) in [4.78, 5) is 19.6. The van der Waals surface area contributed by atoms with E-state index >= 15 is 0 Å². The number of amides is 1. The van der Waals surface area contributed by atoms with E-state index in [0.29, 0.717) is 17.6 Å². The maximum Gasteiger partial charge on any atom is 0.254 e. The van der Waals surface area contributed by atoms with Crippen molar-refractivity contribution in [1.29, 1.82) is 0 Å². The first-order valence-electron chi connectivity index (χ1n) is 9.41. The summed E-state index contributed by atoms with van der Waals surface area (Å²) in [6, 6.07) is 16.2. The van der Waals surface area contributed by atoms with Crippen LogP contribution in [0.25, 0.3) is 22.2 Å². The number of rotatable bonds is 2. The summed E-state index contributed by atoms with van der Waals surface area (Å²) in [6.07, 6.45) is 2.20. The van der Waals surface area contributed by atoms with Gasteiger partial charge in [0.1, 0.15) is 0 Å². The Bertz CT molecular complexity index is 1040. The van der Waals surface area contributed by atoms with Crippen molar-refractivity contribution in [3.63, 3.8) is 0 Å². The molecule has 3 heterocycles. The zero-order valence-corrected chi connectivity index (χ0v) is 15.7. The van der Waals surface area contributed by atoms with Crippen molar-refractivity contribution in [3.05, 3.63) is 64.7 Å². The second kappa shape index (κ2) is 6.63. The molecule has 1 atom stereocenters. The van der Waals surface area contributed by atoms with Crippen molar-refractivity contribution in [2.45, 2.75) is 25.4 Å². The lowest BCUT2D eigenvalue weighted by atomic mass is 10.0. The summed E-state index contributed by atoms with van der Waals surface area (Å²) in [6.45, 7) is 2.62. The second-order valence-corrected chi connectivity index (χ2v) is 7.72. The van der Waals surface area contributed by atoms with Gasteiger partial charge in [-0.05, 0) is 49.2 Å². The predicted molar refractivity (Wildman–Crippen MR) is 108 cm³/mol. The maximum atomic E-state index is 12.8. The van der Waals surface area contributed by atoms with Gasteiger partial charge in [0.15, 0.2) is 0 Å². The Morgan fingerprint density at radius 3 is 2.93 bits per heavy atom. The van der Waals surface area contributed by atoms with Gasteiger partial charge in [-0.2, -0.15) is 0 Å². The zero-order valence-electron chi connectivity index (χ0n) is 14.9. The van der Waals surface area contributed by atoms with Crippen LogP contribution in [0.15, 0.2) is 48.5 Å². The van der Waals surface area contributed by atoms with Crippen LogP contribution in [0.4, 0.5) is 0 Å². The number of hydrogen-bond donors (Lipinski definition) is 1. The van der Waals surface area contributed by atoms with Crippen LogP contribution in [-0.4, -0.2) is 34.9 Å². The van der Waals surface area contributed by atoms with Gasteiger partial charge in [0.2, 0.25) is 0 Å². The summed E-state index contributed by atoms with van der Waals surface area (Å²) >= 11 is 6.31. The molecule has 2 aromatic carbocycles. The molecule has 0 saturated carbocycles. The van der Waals surface area contributed by atoms with Crippen LogP contribution in [0.5, 0.6) is 0 Å². The molecule has 2 aliphatic rings. The minimum absolute atomic E-state index is 0.153. The molecule has 27 heavy (non-hydrogen) atoms. The third-order valence-electron chi connectivity index (χ3n) is 5.62. The number of pyridine rings is 1. The molecular weight excluding hydrogens is 358 g/mol. The molecule has 0 aliphatic carbocycles. The van der Waals surface area contributed by atoms with Crippen LogP contribution >= 0.6 is 11.6 Å². The molecule has 1 fully saturated rings. The van der Waals surface area contributed by atoms with E-state index < -0.39 is 0 Å². The van der Waals surface area contributed by atoms with Crippen molar-refractivity contribution < 1.29 is 4.79 Å². The van der Waals surface area contributed by atoms with Crippen LogP contribution in [-0.2, 0) is 6.54 Å². The van der Waals surface area contributed by atoms with E-state index in [4.69, 9.17) is 16.6 Å². The van der Waals surface area contributed by atoms with Crippen molar-refractivity contribution in [2.24, 2.45) is 0 Å². The number of hydrogen-bond acceptors (Lipinski definition) is 3. The minimum atomic E-state index is 0.153. The normalized spacial score (nSPS) is 19.5. The molecule has 0 spiro atoms. The van der Waals surface area contributed by atoms with Crippen molar-refractivity contribution in [1.82, 2.24) is 15.2 Å². The highest BCUT2D eigenvalue weighted by molar-refractivity contribution is 6.35. The molecule has 5 heteroatoms. The zero-order chi connectivity index (χ0) is 18.4. The van der Waals surface area contributed by atoms with E-state index in [2.05, 4.69) is 11.4 Å². The molecule has 1 aromatic heterocycles. The van der Waals surface area contributed by atoms with E-state index in [0.717, 1.165) is 59.2 Å². The fourth-order valence-electron chi connectivity index (χ4n) is 4.17. The maximum absolute atomic E-state index is 12.8. The summed E-state index contributed by atoms with van der Waals surface area (Å²) in [5, 5.41) is 5.08. The summed E-state index contributed by atoms with van der Waals surface area (Å²) in [5.41, 5.74) is 4.62. The Morgan fingerprint density at radius 2 is 2.07 bits per heavy atom. The highest BCUT2D eigenvalue weighted by Crippen LogP contribution is 2.31. The molecule has 0 radical (unpaired) electrons. The van der Waals surface area contributed by atoms with Crippen LogP contribution in [0, 0.1) is 0 Å². The van der Waals surface area contributed by atoms with E-state index in [9.17, 15) is 4.79 Å². The second-order valence-electron chi connectivity index (χ2n) is 7.31. The number of aromatic nitrogens is 1. The molecule has 1 amide bonds. The van der Waals surface area contributed by atoms with Crippen molar-refractivity contribution in [3.8, 4) is 11.3 Å². The Hall–Kier alpha value is -2.43. The van der Waals surface area contributed by atoms with Gasteiger partial charge in [-0.15, -0.1) is 0 Å². The number of fused-ring (bicyclic) bond motifs is 2. The molecule has 136 valence electrons. The van der Waals surface area contributed by atoms with E-state index in [1.165, 1.54) is 0 Å². The number of nitrogens with one attached hydrogen (secondary N) is 1. The quantitative estimate of drug-likeness (QED) is 0.725. The monoisotopic (exact) mass is 377 g/mol. The number of halogens is 1. The SMILES string of the molecule is O=C1c2ccc(-c3ccc4cccc(Cl)c4n3)cc2CN1C1CCCNC1. The molecule has 1 saturated heterocycles. The van der Waals surface area contributed by atoms with E-state index in [1.54, 1.807) is 0 Å². The largest absolute Gasteiger partial charge is 0.330 e. The molecule has 0 bridgehead atoms. The lowest BCUT2D eigenvalue weighted by Crippen LogP contribution is -2.46. The smallest absolute Gasteiger partial charge is 0.254 e. The Balaban J connectivity index is 1.49. The Morgan fingerprint density at radius 1 is 1.15 bits per heavy atom. The van der Waals surface area contributed by atoms with Gasteiger partial charge in [0.25, 0.3) is 5.91 Å². The molecule has 4 nitrogen and oxygen atoms in total. The van der Waals surface area contributed by atoms with Crippen LogP contribution in [0.3, 0.4) is 0 Å². The average molecular weight is 378 g/mol. The van der Waals surface area contributed by atoms with Gasteiger partial charge in [0.05, 0.1) is 16.2 Å². The van der Waals surface area contributed by atoms with E-state index in [-0.39, 0.29) is 5.91 Å². The first-order valence-corrected chi connectivity index (χ1v) is 9.79. The predicted octanol–water partition coefficient (Wildman–Crippen LogP) is 4.26. The third kappa shape index (κ3) is 2.89. The number of piperidine rings is 1. The van der Waals surface area contributed by atoms with Crippen molar-refractivity contribution in [2.75, 3.05) is 13.1 Å². The Labute approximate surface area is 163 Å². The number of benzene rings is 2. The summed E-state index contributed by atoms with van der Waals surface area (Å²) in [5.74, 6) is 0.153. The average Bonchev–Trinajstić information content (AvgIpc) is 3.05. The minimum Gasteiger partial charge on any atom is -0.330 e. The standard InChI is InChI=1S/C22H20ClN3O/c23-19-5-1-3-14-7-9-20(25-21(14)19)15-6-8-18-16(11-15)13-26(22(18)27)17-4-2-10-24-12-17/h1,3,5-9,11,17,24H,2,4,10,12-13H2. The van der Waals surface area contributed by atoms with Gasteiger partial charge in [-0.1, -0.05) is 35.9 Å².